The Bertz CT molecular complexity index is 1010. The Morgan fingerprint density at radius 1 is 1.14 bits per heavy atom. The number of hydrogen-bond donors (Lipinski definition) is 1. The van der Waals surface area contributed by atoms with Crippen LogP contribution in [0, 0.1) is 20.2 Å². The summed E-state index contributed by atoms with van der Waals surface area (Å²) in [5, 5.41) is 24.4. The van der Waals surface area contributed by atoms with Gasteiger partial charge in [0.25, 0.3) is 17.3 Å². The monoisotopic (exact) mass is 400 g/mol. The molecule has 0 saturated carbocycles. The number of amides is 2. The van der Waals surface area contributed by atoms with Crippen LogP contribution >= 0.6 is 0 Å². The number of hydrogen-bond acceptors (Lipinski definition) is 7. The fraction of sp³-hybridized carbons (Fsp3) is 0.222. The molecule has 11 nitrogen and oxygen atoms in total. The van der Waals surface area contributed by atoms with Gasteiger partial charge in [0.05, 0.1) is 15.5 Å². The second-order valence-electron chi connectivity index (χ2n) is 6.20. The number of non-ortho nitro benzene ring substituents is 2. The molecule has 0 bridgehead atoms. The first-order chi connectivity index (χ1) is 13.8. The van der Waals surface area contributed by atoms with E-state index in [0.29, 0.717) is 6.42 Å². The van der Waals surface area contributed by atoms with E-state index in [1.807, 2.05) is 0 Å². The maximum absolute atomic E-state index is 12.7. The SMILES string of the molecule is CCC1Oc2ccc([N+](=O)[O-])cc2N(CC(=O)Nc2cccc([N+](=O)[O-])c2)C1=O. The van der Waals surface area contributed by atoms with Crippen LogP contribution in [0.3, 0.4) is 0 Å². The molecular formula is C18H16N4O7. The molecule has 1 aliphatic rings. The lowest BCUT2D eigenvalue weighted by Crippen LogP contribution is -2.48. The molecule has 0 radical (unpaired) electrons. The molecule has 1 N–H and O–H groups in total. The van der Waals surface area contributed by atoms with Crippen molar-refractivity contribution in [3.8, 4) is 5.75 Å². The van der Waals surface area contributed by atoms with Gasteiger partial charge in [0.1, 0.15) is 12.3 Å². The summed E-state index contributed by atoms with van der Waals surface area (Å²) < 4.78 is 5.58. The van der Waals surface area contributed by atoms with Crippen LogP contribution in [0.25, 0.3) is 0 Å². The summed E-state index contributed by atoms with van der Waals surface area (Å²) in [4.78, 5) is 47.0. The van der Waals surface area contributed by atoms with E-state index in [0.717, 1.165) is 4.90 Å². The van der Waals surface area contributed by atoms with Crippen LogP contribution in [0.1, 0.15) is 13.3 Å². The molecule has 1 heterocycles. The van der Waals surface area contributed by atoms with Gasteiger partial charge in [-0.15, -0.1) is 0 Å². The first-order valence-corrected chi connectivity index (χ1v) is 8.61. The third-order valence-corrected chi connectivity index (χ3v) is 4.27. The third-order valence-electron chi connectivity index (χ3n) is 4.27. The molecule has 11 heteroatoms. The number of rotatable bonds is 6. The molecule has 1 atom stereocenters. The summed E-state index contributed by atoms with van der Waals surface area (Å²) in [5.41, 5.74) is -0.143. The fourth-order valence-electron chi connectivity index (χ4n) is 2.89. The minimum absolute atomic E-state index is 0.114. The Labute approximate surface area is 164 Å². The lowest BCUT2D eigenvalue weighted by atomic mass is 10.1. The lowest BCUT2D eigenvalue weighted by Gasteiger charge is -2.33. The molecule has 150 valence electrons. The topological polar surface area (TPSA) is 145 Å². The van der Waals surface area contributed by atoms with Gasteiger partial charge in [0, 0.05) is 30.0 Å². The smallest absolute Gasteiger partial charge is 0.271 e. The molecule has 0 aromatic heterocycles. The molecule has 29 heavy (non-hydrogen) atoms. The zero-order valence-corrected chi connectivity index (χ0v) is 15.2. The normalized spacial score (nSPS) is 15.3. The molecule has 3 rings (SSSR count). The number of nitrogens with one attached hydrogen (secondary N) is 1. The number of ether oxygens (including phenoxy) is 1. The zero-order chi connectivity index (χ0) is 21.1. The summed E-state index contributed by atoms with van der Waals surface area (Å²) in [6.45, 7) is 1.30. The Morgan fingerprint density at radius 2 is 1.83 bits per heavy atom. The third kappa shape index (κ3) is 4.13. The lowest BCUT2D eigenvalue weighted by molar-refractivity contribution is -0.385. The number of nitro benzene ring substituents is 2. The second kappa shape index (κ2) is 7.92. The van der Waals surface area contributed by atoms with Crippen LogP contribution in [0.2, 0.25) is 0 Å². The van der Waals surface area contributed by atoms with Gasteiger partial charge in [-0.05, 0) is 18.6 Å². The molecule has 0 aliphatic carbocycles. The highest BCUT2D eigenvalue weighted by atomic mass is 16.6. The largest absolute Gasteiger partial charge is 0.478 e. The van der Waals surface area contributed by atoms with Crippen LogP contribution in [0.5, 0.6) is 5.75 Å². The molecule has 2 aromatic rings. The summed E-state index contributed by atoms with van der Waals surface area (Å²) in [7, 11) is 0. The van der Waals surface area contributed by atoms with Crippen LogP contribution in [0.15, 0.2) is 42.5 Å². The van der Waals surface area contributed by atoms with E-state index in [1.54, 1.807) is 6.92 Å². The van der Waals surface area contributed by atoms with E-state index >= 15 is 0 Å². The Hall–Kier alpha value is -4.02. The maximum Gasteiger partial charge on any atom is 0.271 e. The highest BCUT2D eigenvalue weighted by Gasteiger charge is 2.35. The number of benzene rings is 2. The van der Waals surface area contributed by atoms with Gasteiger partial charge in [-0.3, -0.25) is 34.7 Å². The zero-order valence-electron chi connectivity index (χ0n) is 15.2. The molecular weight excluding hydrogens is 384 g/mol. The standard InChI is InChI=1S/C18H16N4O7/c1-2-15-18(24)20(14-9-13(22(27)28)6-7-16(14)29-15)10-17(23)19-11-4-3-5-12(8-11)21(25)26/h3-9,15H,2,10H2,1H3,(H,19,23). The van der Waals surface area contributed by atoms with Gasteiger partial charge < -0.3 is 10.1 Å². The number of anilines is 2. The number of nitrogens with zero attached hydrogens (tertiary/aromatic N) is 3. The number of carbonyl (C=O) groups excluding carboxylic acids is 2. The molecule has 1 aliphatic heterocycles. The van der Waals surface area contributed by atoms with Crippen molar-refractivity contribution in [2.75, 3.05) is 16.8 Å². The predicted molar refractivity (Wildman–Crippen MR) is 102 cm³/mol. The van der Waals surface area contributed by atoms with Crippen LogP contribution in [-0.4, -0.2) is 34.3 Å². The van der Waals surface area contributed by atoms with Gasteiger partial charge >= 0.3 is 0 Å². The summed E-state index contributed by atoms with van der Waals surface area (Å²) in [5.74, 6) is -0.868. The predicted octanol–water partition coefficient (Wildman–Crippen LogP) is 2.65. The molecule has 0 spiro atoms. The van der Waals surface area contributed by atoms with E-state index in [4.69, 9.17) is 4.74 Å². The van der Waals surface area contributed by atoms with Crippen molar-refractivity contribution in [1.29, 1.82) is 0 Å². The van der Waals surface area contributed by atoms with Gasteiger partial charge in [0.2, 0.25) is 5.91 Å². The molecule has 2 amide bonds. The quantitative estimate of drug-likeness (QED) is 0.579. The number of nitro groups is 2. The molecule has 0 saturated heterocycles. The van der Waals surface area contributed by atoms with Crippen LogP contribution < -0.4 is 15.0 Å². The molecule has 1 unspecified atom stereocenters. The van der Waals surface area contributed by atoms with Crippen molar-refractivity contribution >= 4 is 34.6 Å². The highest BCUT2D eigenvalue weighted by molar-refractivity contribution is 6.06. The fourth-order valence-corrected chi connectivity index (χ4v) is 2.89. The summed E-state index contributed by atoms with van der Waals surface area (Å²) >= 11 is 0. The van der Waals surface area contributed by atoms with E-state index < -0.39 is 34.3 Å². The molecule has 0 fully saturated rings. The minimum atomic E-state index is -0.824. The van der Waals surface area contributed by atoms with Gasteiger partial charge in [0.15, 0.2) is 6.10 Å². The Morgan fingerprint density at radius 3 is 2.48 bits per heavy atom. The first-order valence-electron chi connectivity index (χ1n) is 8.61. The van der Waals surface area contributed by atoms with Crippen molar-refractivity contribution < 1.29 is 24.2 Å². The summed E-state index contributed by atoms with van der Waals surface area (Å²) in [6.07, 6.45) is -0.479. The van der Waals surface area contributed by atoms with Crippen molar-refractivity contribution in [3.05, 3.63) is 62.7 Å². The van der Waals surface area contributed by atoms with E-state index in [-0.39, 0.29) is 28.5 Å². The average Bonchev–Trinajstić information content (AvgIpc) is 2.69. The van der Waals surface area contributed by atoms with Crippen molar-refractivity contribution in [2.45, 2.75) is 19.4 Å². The highest BCUT2D eigenvalue weighted by Crippen LogP contribution is 2.37. The number of carbonyl (C=O) groups is 2. The van der Waals surface area contributed by atoms with E-state index in [9.17, 15) is 29.8 Å². The van der Waals surface area contributed by atoms with Crippen molar-refractivity contribution in [3.63, 3.8) is 0 Å². The Kier molecular flexibility index (Phi) is 5.39. The average molecular weight is 400 g/mol. The second-order valence-corrected chi connectivity index (χ2v) is 6.20. The van der Waals surface area contributed by atoms with E-state index in [1.165, 1.54) is 42.5 Å². The van der Waals surface area contributed by atoms with Crippen molar-refractivity contribution in [1.82, 2.24) is 0 Å². The Balaban J connectivity index is 1.86. The summed E-state index contributed by atoms with van der Waals surface area (Å²) in [6, 6.07) is 9.16. The van der Waals surface area contributed by atoms with Crippen LogP contribution in [0.4, 0.5) is 22.7 Å². The van der Waals surface area contributed by atoms with E-state index in [2.05, 4.69) is 5.32 Å². The van der Waals surface area contributed by atoms with Gasteiger partial charge in [-0.25, -0.2) is 0 Å². The minimum Gasteiger partial charge on any atom is -0.478 e. The first kappa shape index (κ1) is 19.7. The van der Waals surface area contributed by atoms with Crippen molar-refractivity contribution in [2.24, 2.45) is 0 Å². The van der Waals surface area contributed by atoms with Gasteiger partial charge in [-0.2, -0.15) is 0 Å². The van der Waals surface area contributed by atoms with Gasteiger partial charge in [-0.1, -0.05) is 13.0 Å². The maximum atomic E-state index is 12.7. The molecule has 2 aromatic carbocycles. The van der Waals surface area contributed by atoms with Crippen LogP contribution in [-0.2, 0) is 9.59 Å². The number of fused-ring (bicyclic) bond motifs is 1.